The van der Waals surface area contributed by atoms with Crippen LogP contribution in [0.15, 0.2) is 41.8 Å². The zero-order valence-electron chi connectivity index (χ0n) is 11.2. The van der Waals surface area contributed by atoms with Crippen LogP contribution in [0.5, 0.6) is 0 Å². The summed E-state index contributed by atoms with van der Waals surface area (Å²) in [4.78, 5) is 24.4. The van der Waals surface area contributed by atoms with Gasteiger partial charge < -0.3 is 0 Å². The van der Waals surface area contributed by atoms with E-state index in [-0.39, 0.29) is 0 Å². The minimum absolute atomic E-state index is 0.376. The molecule has 1 heterocycles. The van der Waals surface area contributed by atoms with Crippen LogP contribution in [0.1, 0.15) is 20.8 Å². The summed E-state index contributed by atoms with van der Waals surface area (Å²) in [7, 11) is 0. The van der Waals surface area contributed by atoms with Gasteiger partial charge in [0.05, 0.1) is 0 Å². The molecular weight excluding hydrogens is 308 g/mol. The van der Waals surface area contributed by atoms with Crippen molar-refractivity contribution in [3.8, 4) is 0 Å². The Labute approximate surface area is 131 Å². The maximum Gasteiger partial charge on any atom is 0.269 e. The third-order valence-electron chi connectivity index (χ3n) is 2.67. The minimum Gasteiger partial charge on any atom is -0.268 e. The van der Waals surface area contributed by atoms with Crippen LogP contribution < -0.4 is 10.9 Å². The van der Waals surface area contributed by atoms with E-state index in [1.807, 2.05) is 18.4 Å². The number of hydrazine groups is 1. The monoisotopic (exact) mass is 320 g/mol. The Morgan fingerprint density at radius 1 is 1.24 bits per heavy atom. The lowest BCUT2D eigenvalue weighted by Crippen LogP contribution is -2.40. The van der Waals surface area contributed by atoms with Crippen molar-refractivity contribution < 1.29 is 9.59 Å². The molecule has 0 bridgehead atoms. The number of carbonyl (C=O) groups is 2. The molecule has 0 aliphatic heterocycles. The Morgan fingerprint density at radius 2 is 2.05 bits per heavy atom. The highest BCUT2D eigenvalue weighted by atomic mass is 35.5. The van der Waals surface area contributed by atoms with Crippen LogP contribution in [-0.2, 0) is 4.79 Å². The highest BCUT2D eigenvalue weighted by Crippen LogP contribution is 2.16. The SMILES string of the molecule is Cc1ccsc1/C=C/C(=O)NNC(=O)c1cccc(Cl)c1. The van der Waals surface area contributed by atoms with Gasteiger partial charge in [0, 0.05) is 21.5 Å². The first-order valence-electron chi connectivity index (χ1n) is 6.14. The average molecular weight is 321 g/mol. The number of amides is 2. The summed E-state index contributed by atoms with van der Waals surface area (Å²) < 4.78 is 0. The van der Waals surface area contributed by atoms with E-state index in [2.05, 4.69) is 10.9 Å². The standard InChI is InChI=1S/C15H13ClN2O2S/c1-10-7-8-21-13(10)5-6-14(19)17-18-15(20)11-3-2-4-12(16)9-11/h2-9H,1H3,(H,17,19)(H,18,20)/b6-5+. The Balaban J connectivity index is 1.88. The Morgan fingerprint density at radius 3 is 2.71 bits per heavy atom. The van der Waals surface area contributed by atoms with Crippen molar-refractivity contribution in [2.24, 2.45) is 0 Å². The molecular formula is C15H13ClN2O2S. The minimum atomic E-state index is -0.424. The van der Waals surface area contributed by atoms with Gasteiger partial charge in [0.15, 0.2) is 0 Å². The molecule has 6 heteroatoms. The highest BCUT2D eigenvalue weighted by Gasteiger charge is 2.06. The van der Waals surface area contributed by atoms with E-state index >= 15 is 0 Å². The summed E-state index contributed by atoms with van der Waals surface area (Å²) in [5, 5.41) is 2.41. The molecule has 2 aromatic rings. The third kappa shape index (κ3) is 4.44. The Hall–Kier alpha value is -2.11. The van der Waals surface area contributed by atoms with Gasteiger partial charge >= 0.3 is 0 Å². The number of carbonyl (C=O) groups excluding carboxylic acids is 2. The predicted octanol–water partition coefficient (Wildman–Crippen LogP) is 3.18. The largest absolute Gasteiger partial charge is 0.269 e. The lowest BCUT2D eigenvalue weighted by molar-refractivity contribution is -0.117. The van der Waals surface area contributed by atoms with Crippen LogP contribution in [0.2, 0.25) is 5.02 Å². The Kier molecular flexibility index (Phi) is 5.14. The van der Waals surface area contributed by atoms with E-state index in [0.717, 1.165) is 10.4 Å². The van der Waals surface area contributed by atoms with Crippen molar-refractivity contribution in [1.82, 2.24) is 10.9 Å². The van der Waals surface area contributed by atoms with Crippen molar-refractivity contribution in [3.05, 3.63) is 62.8 Å². The fourth-order valence-corrected chi connectivity index (χ4v) is 2.58. The normalized spacial score (nSPS) is 10.6. The number of halogens is 1. The lowest BCUT2D eigenvalue weighted by Gasteiger charge is -2.05. The van der Waals surface area contributed by atoms with Crippen LogP contribution in [0, 0.1) is 6.92 Å². The van der Waals surface area contributed by atoms with Gasteiger partial charge in [-0.1, -0.05) is 17.7 Å². The maximum atomic E-state index is 11.8. The van der Waals surface area contributed by atoms with E-state index in [9.17, 15) is 9.59 Å². The molecule has 0 fully saturated rings. The summed E-state index contributed by atoms with van der Waals surface area (Å²) in [5.74, 6) is -0.829. The average Bonchev–Trinajstić information content (AvgIpc) is 2.88. The molecule has 0 atom stereocenters. The summed E-state index contributed by atoms with van der Waals surface area (Å²) >= 11 is 7.34. The van der Waals surface area contributed by atoms with Crippen LogP contribution in [0.4, 0.5) is 0 Å². The molecule has 2 amide bonds. The van der Waals surface area contributed by atoms with Gasteiger partial charge in [-0.25, -0.2) is 0 Å². The number of benzene rings is 1. The van der Waals surface area contributed by atoms with Gasteiger partial charge in [-0.05, 0) is 48.2 Å². The molecule has 1 aromatic carbocycles. The first-order chi connectivity index (χ1) is 10.1. The zero-order valence-corrected chi connectivity index (χ0v) is 12.8. The molecule has 0 unspecified atom stereocenters. The van der Waals surface area contributed by atoms with Crippen molar-refractivity contribution in [2.45, 2.75) is 6.92 Å². The second-order valence-corrected chi connectivity index (χ2v) is 5.64. The van der Waals surface area contributed by atoms with Crippen molar-refractivity contribution in [3.63, 3.8) is 0 Å². The van der Waals surface area contributed by atoms with E-state index in [1.54, 1.807) is 35.6 Å². The van der Waals surface area contributed by atoms with Gasteiger partial charge in [0.1, 0.15) is 0 Å². The molecule has 2 rings (SSSR count). The van der Waals surface area contributed by atoms with Gasteiger partial charge in [-0.2, -0.15) is 0 Å². The molecule has 0 aliphatic carbocycles. The summed E-state index contributed by atoms with van der Waals surface area (Å²) in [6, 6.07) is 8.44. The number of rotatable bonds is 3. The van der Waals surface area contributed by atoms with Crippen LogP contribution >= 0.6 is 22.9 Å². The number of hydrogen-bond acceptors (Lipinski definition) is 3. The quantitative estimate of drug-likeness (QED) is 0.674. The predicted molar refractivity (Wildman–Crippen MR) is 85.2 cm³/mol. The topological polar surface area (TPSA) is 58.2 Å². The Bertz CT molecular complexity index is 694. The van der Waals surface area contributed by atoms with E-state index in [1.165, 1.54) is 12.1 Å². The fraction of sp³-hybridized carbons (Fsp3) is 0.0667. The van der Waals surface area contributed by atoms with Gasteiger partial charge in [-0.15, -0.1) is 11.3 Å². The van der Waals surface area contributed by atoms with Gasteiger partial charge in [0.2, 0.25) is 0 Å². The molecule has 21 heavy (non-hydrogen) atoms. The van der Waals surface area contributed by atoms with E-state index in [0.29, 0.717) is 10.6 Å². The maximum absolute atomic E-state index is 11.8. The number of thiophene rings is 1. The molecule has 0 saturated carbocycles. The summed E-state index contributed by atoms with van der Waals surface area (Å²) in [6.07, 6.45) is 3.08. The van der Waals surface area contributed by atoms with Crippen molar-refractivity contribution in [2.75, 3.05) is 0 Å². The first-order valence-corrected chi connectivity index (χ1v) is 7.40. The molecule has 2 N–H and O–H groups in total. The van der Waals surface area contributed by atoms with Crippen LogP contribution in [-0.4, -0.2) is 11.8 Å². The number of aryl methyl sites for hydroxylation is 1. The third-order valence-corrected chi connectivity index (χ3v) is 3.89. The van der Waals surface area contributed by atoms with Crippen molar-refractivity contribution in [1.29, 1.82) is 0 Å². The molecule has 108 valence electrons. The molecule has 0 spiro atoms. The van der Waals surface area contributed by atoms with E-state index in [4.69, 9.17) is 11.6 Å². The molecule has 0 radical (unpaired) electrons. The first kappa shape index (κ1) is 15.3. The molecule has 4 nitrogen and oxygen atoms in total. The van der Waals surface area contributed by atoms with Crippen molar-refractivity contribution >= 4 is 40.8 Å². The number of nitrogens with one attached hydrogen (secondary N) is 2. The molecule has 0 saturated heterocycles. The second kappa shape index (κ2) is 7.06. The lowest BCUT2D eigenvalue weighted by atomic mass is 10.2. The molecule has 0 aliphatic rings. The highest BCUT2D eigenvalue weighted by molar-refractivity contribution is 7.11. The van der Waals surface area contributed by atoms with Crippen LogP contribution in [0.3, 0.4) is 0 Å². The van der Waals surface area contributed by atoms with Gasteiger partial charge in [-0.3, -0.25) is 20.4 Å². The smallest absolute Gasteiger partial charge is 0.268 e. The number of hydrogen-bond donors (Lipinski definition) is 2. The fourth-order valence-electron chi connectivity index (χ4n) is 1.57. The van der Waals surface area contributed by atoms with Crippen LogP contribution in [0.25, 0.3) is 6.08 Å². The summed E-state index contributed by atoms with van der Waals surface area (Å²) in [6.45, 7) is 1.97. The second-order valence-electron chi connectivity index (χ2n) is 4.25. The zero-order chi connectivity index (χ0) is 15.2. The summed E-state index contributed by atoms with van der Waals surface area (Å²) in [5.41, 5.74) is 6.12. The molecule has 1 aromatic heterocycles. The van der Waals surface area contributed by atoms with E-state index < -0.39 is 11.8 Å². The van der Waals surface area contributed by atoms with Gasteiger partial charge in [0.25, 0.3) is 11.8 Å².